The largest absolute Gasteiger partial charge is 0.497 e. The second kappa shape index (κ2) is 6.43. The van der Waals surface area contributed by atoms with Gasteiger partial charge in [0.1, 0.15) is 5.75 Å². The second-order valence-electron chi connectivity index (χ2n) is 4.51. The van der Waals surface area contributed by atoms with Gasteiger partial charge in [-0.05, 0) is 37.2 Å². The SMILES string of the molecule is CCOC(=O)Cc1c(CCN)[nH]c2ccc(OC)cc12. The molecule has 20 heavy (non-hydrogen) atoms. The van der Waals surface area contributed by atoms with Crippen LogP contribution in [0.3, 0.4) is 0 Å². The maximum absolute atomic E-state index is 11.8. The van der Waals surface area contributed by atoms with Crippen molar-refractivity contribution in [3.63, 3.8) is 0 Å². The summed E-state index contributed by atoms with van der Waals surface area (Å²) >= 11 is 0. The Labute approximate surface area is 118 Å². The summed E-state index contributed by atoms with van der Waals surface area (Å²) in [5.74, 6) is 0.537. The highest BCUT2D eigenvalue weighted by atomic mass is 16.5. The van der Waals surface area contributed by atoms with Gasteiger partial charge >= 0.3 is 5.97 Å². The molecule has 5 nitrogen and oxygen atoms in total. The van der Waals surface area contributed by atoms with Crippen LogP contribution in [0.5, 0.6) is 5.75 Å². The van der Waals surface area contributed by atoms with E-state index in [1.165, 1.54) is 0 Å². The summed E-state index contributed by atoms with van der Waals surface area (Å²) in [7, 11) is 1.62. The van der Waals surface area contributed by atoms with Crippen molar-refractivity contribution in [3.8, 4) is 5.75 Å². The third-order valence-corrected chi connectivity index (χ3v) is 3.22. The van der Waals surface area contributed by atoms with Crippen molar-refractivity contribution < 1.29 is 14.3 Å². The van der Waals surface area contributed by atoms with E-state index in [0.29, 0.717) is 19.6 Å². The maximum Gasteiger partial charge on any atom is 0.310 e. The van der Waals surface area contributed by atoms with Gasteiger partial charge in [0, 0.05) is 23.0 Å². The summed E-state index contributed by atoms with van der Waals surface area (Å²) in [5.41, 5.74) is 8.55. The predicted octanol–water partition coefficient (Wildman–Crippen LogP) is 1.78. The van der Waals surface area contributed by atoms with Crippen molar-refractivity contribution in [1.82, 2.24) is 4.98 Å². The number of rotatable bonds is 6. The zero-order valence-electron chi connectivity index (χ0n) is 11.9. The average Bonchev–Trinajstić information content (AvgIpc) is 2.77. The zero-order chi connectivity index (χ0) is 14.5. The van der Waals surface area contributed by atoms with E-state index >= 15 is 0 Å². The molecule has 0 unspecified atom stereocenters. The van der Waals surface area contributed by atoms with Gasteiger partial charge in [0.25, 0.3) is 0 Å². The molecule has 1 heterocycles. The van der Waals surface area contributed by atoms with Gasteiger partial charge in [-0.3, -0.25) is 4.79 Å². The molecule has 0 radical (unpaired) electrons. The molecule has 0 saturated carbocycles. The molecular weight excluding hydrogens is 256 g/mol. The smallest absolute Gasteiger partial charge is 0.310 e. The van der Waals surface area contributed by atoms with Crippen LogP contribution in [0.4, 0.5) is 0 Å². The Hall–Kier alpha value is -2.01. The van der Waals surface area contributed by atoms with Crippen molar-refractivity contribution in [1.29, 1.82) is 0 Å². The van der Waals surface area contributed by atoms with Crippen molar-refractivity contribution in [2.75, 3.05) is 20.3 Å². The van der Waals surface area contributed by atoms with Gasteiger partial charge in [-0.25, -0.2) is 0 Å². The molecule has 0 aliphatic rings. The Morgan fingerprint density at radius 2 is 2.20 bits per heavy atom. The number of carbonyl (C=O) groups is 1. The molecule has 2 rings (SSSR count). The highest BCUT2D eigenvalue weighted by molar-refractivity contribution is 5.89. The Balaban J connectivity index is 2.45. The van der Waals surface area contributed by atoms with Crippen LogP contribution in [-0.4, -0.2) is 31.2 Å². The van der Waals surface area contributed by atoms with Gasteiger partial charge in [-0.15, -0.1) is 0 Å². The topological polar surface area (TPSA) is 77.3 Å². The highest BCUT2D eigenvalue weighted by Crippen LogP contribution is 2.27. The summed E-state index contributed by atoms with van der Waals surface area (Å²) in [6.07, 6.45) is 0.947. The number of H-pyrrole nitrogens is 1. The molecule has 0 aliphatic heterocycles. The van der Waals surface area contributed by atoms with E-state index in [1.807, 2.05) is 18.2 Å². The van der Waals surface area contributed by atoms with Crippen molar-refractivity contribution in [2.45, 2.75) is 19.8 Å². The fraction of sp³-hybridized carbons (Fsp3) is 0.400. The van der Waals surface area contributed by atoms with E-state index in [1.54, 1.807) is 14.0 Å². The molecule has 0 atom stereocenters. The van der Waals surface area contributed by atoms with Gasteiger partial charge in [0.2, 0.25) is 0 Å². The van der Waals surface area contributed by atoms with Crippen molar-refractivity contribution in [2.24, 2.45) is 5.73 Å². The zero-order valence-corrected chi connectivity index (χ0v) is 11.9. The first-order chi connectivity index (χ1) is 9.69. The van der Waals surface area contributed by atoms with E-state index in [4.69, 9.17) is 15.2 Å². The standard InChI is InChI=1S/C15H20N2O3/c1-3-20-15(18)9-12-11-8-10(19-2)4-5-13(11)17-14(12)6-7-16/h4-5,8,17H,3,6-7,9,16H2,1-2H3. The van der Waals surface area contributed by atoms with Crippen LogP contribution in [0.2, 0.25) is 0 Å². The lowest BCUT2D eigenvalue weighted by atomic mass is 10.1. The number of ether oxygens (including phenoxy) is 2. The van der Waals surface area contributed by atoms with Crippen molar-refractivity contribution >= 4 is 16.9 Å². The number of esters is 1. The van der Waals surface area contributed by atoms with E-state index in [9.17, 15) is 4.79 Å². The number of hydrogen-bond donors (Lipinski definition) is 2. The fourth-order valence-corrected chi connectivity index (χ4v) is 2.33. The van der Waals surface area contributed by atoms with Crippen LogP contribution in [0, 0.1) is 0 Å². The molecule has 0 spiro atoms. The fourth-order valence-electron chi connectivity index (χ4n) is 2.33. The molecule has 5 heteroatoms. The van der Waals surface area contributed by atoms with Crippen LogP contribution >= 0.6 is 0 Å². The number of aromatic nitrogens is 1. The summed E-state index contributed by atoms with van der Waals surface area (Å²) in [6, 6.07) is 5.77. The third kappa shape index (κ3) is 2.93. The van der Waals surface area contributed by atoms with E-state index in [-0.39, 0.29) is 12.4 Å². The summed E-state index contributed by atoms with van der Waals surface area (Å²) in [4.78, 5) is 15.1. The number of aromatic amines is 1. The monoisotopic (exact) mass is 276 g/mol. The number of fused-ring (bicyclic) bond motifs is 1. The van der Waals surface area contributed by atoms with Gasteiger partial charge in [-0.1, -0.05) is 0 Å². The quantitative estimate of drug-likeness (QED) is 0.788. The number of carbonyl (C=O) groups excluding carboxylic acids is 1. The lowest BCUT2D eigenvalue weighted by molar-refractivity contribution is -0.142. The van der Waals surface area contributed by atoms with Crippen LogP contribution < -0.4 is 10.5 Å². The minimum atomic E-state index is -0.227. The lowest BCUT2D eigenvalue weighted by Crippen LogP contribution is -2.10. The molecule has 0 fully saturated rings. The molecule has 0 aliphatic carbocycles. The Morgan fingerprint density at radius 3 is 2.85 bits per heavy atom. The van der Waals surface area contributed by atoms with Gasteiger partial charge in [0.05, 0.1) is 20.1 Å². The molecule has 3 N–H and O–H groups in total. The average molecular weight is 276 g/mol. The summed E-state index contributed by atoms with van der Waals surface area (Å²) in [6.45, 7) is 2.72. The van der Waals surface area contributed by atoms with E-state index in [0.717, 1.165) is 27.9 Å². The van der Waals surface area contributed by atoms with E-state index in [2.05, 4.69) is 4.98 Å². The first-order valence-electron chi connectivity index (χ1n) is 6.72. The maximum atomic E-state index is 11.8. The molecule has 0 saturated heterocycles. The first-order valence-corrected chi connectivity index (χ1v) is 6.72. The molecule has 0 amide bonds. The Morgan fingerprint density at radius 1 is 1.40 bits per heavy atom. The minimum Gasteiger partial charge on any atom is -0.497 e. The van der Waals surface area contributed by atoms with Gasteiger partial charge in [-0.2, -0.15) is 0 Å². The number of methoxy groups -OCH3 is 1. The van der Waals surface area contributed by atoms with Crippen LogP contribution in [0.1, 0.15) is 18.2 Å². The van der Waals surface area contributed by atoms with Gasteiger partial charge in [0.15, 0.2) is 0 Å². The lowest BCUT2D eigenvalue weighted by Gasteiger charge is -2.05. The number of nitrogens with one attached hydrogen (secondary N) is 1. The molecule has 108 valence electrons. The molecule has 0 bridgehead atoms. The summed E-state index contributed by atoms with van der Waals surface area (Å²) in [5, 5.41) is 0.987. The third-order valence-electron chi connectivity index (χ3n) is 3.22. The number of nitrogens with two attached hydrogens (primary N) is 1. The molecule has 1 aromatic carbocycles. The molecule has 1 aromatic heterocycles. The highest BCUT2D eigenvalue weighted by Gasteiger charge is 2.15. The Kier molecular flexibility index (Phi) is 4.63. The molecular formula is C15H20N2O3. The predicted molar refractivity (Wildman–Crippen MR) is 77.9 cm³/mol. The molecule has 2 aromatic rings. The van der Waals surface area contributed by atoms with Crippen LogP contribution in [0.15, 0.2) is 18.2 Å². The number of hydrogen-bond acceptors (Lipinski definition) is 4. The van der Waals surface area contributed by atoms with Crippen LogP contribution in [-0.2, 0) is 22.4 Å². The van der Waals surface area contributed by atoms with E-state index < -0.39 is 0 Å². The number of benzene rings is 1. The first kappa shape index (κ1) is 14.4. The van der Waals surface area contributed by atoms with Crippen LogP contribution in [0.25, 0.3) is 10.9 Å². The Bertz CT molecular complexity index is 604. The van der Waals surface area contributed by atoms with Gasteiger partial charge < -0.3 is 20.2 Å². The minimum absolute atomic E-state index is 0.227. The normalized spacial score (nSPS) is 10.8. The summed E-state index contributed by atoms with van der Waals surface area (Å²) < 4.78 is 10.3. The van der Waals surface area contributed by atoms with Crippen molar-refractivity contribution in [3.05, 3.63) is 29.5 Å². The second-order valence-corrected chi connectivity index (χ2v) is 4.51.